The molecule has 8 heteroatoms. The van der Waals surface area contributed by atoms with E-state index < -0.39 is 5.97 Å². The summed E-state index contributed by atoms with van der Waals surface area (Å²) in [6, 6.07) is -0.0878. The zero-order chi connectivity index (χ0) is 19.4. The highest BCUT2D eigenvalue weighted by atomic mass is 16.5. The summed E-state index contributed by atoms with van der Waals surface area (Å²) in [7, 11) is 0. The molecular weight excluding hydrogens is 336 g/mol. The number of esters is 1. The van der Waals surface area contributed by atoms with Crippen LogP contribution in [0.1, 0.15) is 59.6 Å². The Balaban J connectivity index is 2.30. The number of piperazine rings is 1. The molecule has 2 heterocycles. The van der Waals surface area contributed by atoms with E-state index in [1.54, 1.807) is 30.6 Å². The molecule has 0 unspecified atom stereocenters. The Kier molecular flexibility index (Phi) is 6.28. The zero-order valence-corrected chi connectivity index (χ0v) is 16.0. The molecule has 1 fully saturated rings. The standard InChI is InChI=1S/C18H26N4O4/c1-6-14(23)22-9-8-21(10-11(22)3)17(24)16-15(18(25)26-7-2)12(4)19-13(5)20-16/h11H,6-10H2,1-5H3/t11-/m1/s1. The third-order valence-corrected chi connectivity index (χ3v) is 4.42. The van der Waals surface area contributed by atoms with Gasteiger partial charge in [0.2, 0.25) is 5.91 Å². The van der Waals surface area contributed by atoms with Gasteiger partial charge in [0.1, 0.15) is 17.1 Å². The van der Waals surface area contributed by atoms with Crippen LogP contribution in [0.4, 0.5) is 0 Å². The van der Waals surface area contributed by atoms with Gasteiger partial charge in [-0.2, -0.15) is 0 Å². The van der Waals surface area contributed by atoms with Crippen LogP contribution in [0, 0.1) is 13.8 Å². The van der Waals surface area contributed by atoms with Gasteiger partial charge in [-0.3, -0.25) is 9.59 Å². The number of hydrogen-bond acceptors (Lipinski definition) is 6. The van der Waals surface area contributed by atoms with Gasteiger partial charge in [-0.1, -0.05) is 6.92 Å². The molecule has 0 saturated carbocycles. The summed E-state index contributed by atoms with van der Waals surface area (Å²) in [4.78, 5) is 49.2. The fraction of sp³-hybridized carbons (Fsp3) is 0.611. The molecule has 0 aromatic carbocycles. The van der Waals surface area contributed by atoms with Crippen LogP contribution in [0.25, 0.3) is 0 Å². The van der Waals surface area contributed by atoms with Gasteiger partial charge in [0.05, 0.1) is 12.3 Å². The van der Waals surface area contributed by atoms with E-state index in [1.165, 1.54) is 0 Å². The monoisotopic (exact) mass is 362 g/mol. The van der Waals surface area contributed by atoms with Gasteiger partial charge in [-0.05, 0) is 27.7 Å². The van der Waals surface area contributed by atoms with Crippen molar-refractivity contribution in [2.24, 2.45) is 0 Å². The van der Waals surface area contributed by atoms with Crippen molar-refractivity contribution in [2.45, 2.75) is 47.1 Å². The number of aromatic nitrogens is 2. The van der Waals surface area contributed by atoms with Crippen molar-refractivity contribution in [3.05, 3.63) is 22.8 Å². The summed E-state index contributed by atoms with van der Waals surface area (Å²) < 4.78 is 5.07. The molecule has 0 N–H and O–H groups in total. The Bertz CT molecular complexity index is 719. The Labute approximate surface area is 153 Å². The molecule has 1 aromatic heterocycles. The highest BCUT2D eigenvalue weighted by Gasteiger charge is 2.33. The summed E-state index contributed by atoms with van der Waals surface area (Å²) in [6.07, 6.45) is 0.440. The molecule has 1 aliphatic heterocycles. The van der Waals surface area contributed by atoms with Crippen molar-refractivity contribution in [2.75, 3.05) is 26.2 Å². The highest BCUT2D eigenvalue weighted by molar-refractivity contribution is 6.04. The fourth-order valence-corrected chi connectivity index (χ4v) is 3.18. The minimum atomic E-state index is -0.596. The number of amides is 2. The highest BCUT2D eigenvalue weighted by Crippen LogP contribution is 2.18. The van der Waals surface area contributed by atoms with E-state index in [9.17, 15) is 14.4 Å². The maximum Gasteiger partial charge on any atom is 0.342 e. The number of aryl methyl sites for hydroxylation is 2. The molecule has 2 rings (SSSR count). The van der Waals surface area contributed by atoms with Gasteiger partial charge in [-0.15, -0.1) is 0 Å². The third kappa shape index (κ3) is 4.00. The molecule has 142 valence electrons. The maximum absolute atomic E-state index is 13.0. The average Bonchev–Trinajstić information content (AvgIpc) is 2.59. The molecule has 1 saturated heterocycles. The van der Waals surface area contributed by atoms with Crippen LogP contribution in [0.5, 0.6) is 0 Å². The number of carbonyl (C=O) groups is 3. The molecule has 0 spiro atoms. The molecule has 2 amide bonds. The lowest BCUT2D eigenvalue weighted by atomic mass is 10.1. The number of ether oxygens (including phenoxy) is 1. The Morgan fingerprint density at radius 2 is 1.85 bits per heavy atom. The molecule has 0 radical (unpaired) electrons. The van der Waals surface area contributed by atoms with Gasteiger partial charge >= 0.3 is 5.97 Å². The first-order valence-electron chi connectivity index (χ1n) is 8.91. The van der Waals surface area contributed by atoms with Crippen LogP contribution >= 0.6 is 0 Å². The molecule has 26 heavy (non-hydrogen) atoms. The lowest BCUT2D eigenvalue weighted by Gasteiger charge is -2.39. The topological polar surface area (TPSA) is 92.7 Å². The third-order valence-electron chi connectivity index (χ3n) is 4.42. The van der Waals surface area contributed by atoms with E-state index >= 15 is 0 Å². The fourth-order valence-electron chi connectivity index (χ4n) is 3.18. The largest absolute Gasteiger partial charge is 0.462 e. The van der Waals surface area contributed by atoms with E-state index in [4.69, 9.17) is 4.74 Å². The Hall–Kier alpha value is -2.51. The quantitative estimate of drug-likeness (QED) is 0.751. The number of carbonyl (C=O) groups excluding carboxylic acids is 3. The van der Waals surface area contributed by atoms with Crippen LogP contribution in [-0.2, 0) is 9.53 Å². The van der Waals surface area contributed by atoms with E-state index in [2.05, 4.69) is 9.97 Å². The van der Waals surface area contributed by atoms with Gasteiger partial charge in [0, 0.05) is 32.1 Å². The summed E-state index contributed by atoms with van der Waals surface area (Å²) >= 11 is 0. The zero-order valence-electron chi connectivity index (χ0n) is 16.0. The van der Waals surface area contributed by atoms with Gasteiger partial charge in [0.15, 0.2) is 0 Å². The number of rotatable bonds is 4. The smallest absolute Gasteiger partial charge is 0.342 e. The molecule has 0 bridgehead atoms. The Morgan fingerprint density at radius 3 is 2.42 bits per heavy atom. The summed E-state index contributed by atoms with van der Waals surface area (Å²) in [6.45, 7) is 10.3. The second-order valence-electron chi connectivity index (χ2n) is 6.34. The molecule has 8 nitrogen and oxygen atoms in total. The second-order valence-corrected chi connectivity index (χ2v) is 6.34. The van der Waals surface area contributed by atoms with Gasteiger partial charge in [0.25, 0.3) is 5.91 Å². The average molecular weight is 362 g/mol. The van der Waals surface area contributed by atoms with Crippen LogP contribution < -0.4 is 0 Å². The predicted octanol–water partition coefficient (Wildman–Crippen LogP) is 1.35. The summed E-state index contributed by atoms with van der Waals surface area (Å²) in [5.41, 5.74) is 0.602. The van der Waals surface area contributed by atoms with Crippen molar-refractivity contribution in [1.82, 2.24) is 19.8 Å². The minimum absolute atomic E-state index is 0.0657. The molecule has 1 aliphatic rings. The van der Waals surface area contributed by atoms with Crippen molar-refractivity contribution in [3.8, 4) is 0 Å². The van der Waals surface area contributed by atoms with Crippen molar-refractivity contribution >= 4 is 17.8 Å². The number of hydrogen-bond donors (Lipinski definition) is 0. The first kappa shape index (κ1) is 19.8. The molecule has 1 aromatic rings. The lowest BCUT2D eigenvalue weighted by Crippen LogP contribution is -2.55. The first-order valence-corrected chi connectivity index (χ1v) is 8.91. The second kappa shape index (κ2) is 8.25. The van der Waals surface area contributed by atoms with Gasteiger partial charge < -0.3 is 14.5 Å². The summed E-state index contributed by atoms with van der Waals surface area (Å²) in [5, 5.41) is 0. The van der Waals surface area contributed by atoms with Crippen LogP contribution in [0.3, 0.4) is 0 Å². The van der Waals surface area contributed by atoms with E-state index in [0.29, 0.717) is 37.6 Å². The van der Waals surface area contributed by atoms with Crippen molar-refractivity contribution < 1.29 is 19.1 Å². The predicted molar refractivity (Wildman–Crippen MR) is 94.8 cm³/mol. The molecular formula is C18H26N4O4. The van der Waals surface area contributed by atoms with Crippen LogP contribution in [0.2, 0.25) is 0 Å². The van der Waals surface area contributed by atoms with Crippen LogP contribution in [0.15, 0.2) is 0 Å². The van der Waals surface area contributed by atoms with Crippen molar-refractivity contribution in [3.63, 3.8) is 0 Å². The van der Waals surface area contributed by atoms with Crippen molar-refractivity contribution in [1.29, 1.82) is 0 Å². The molecule has 1 atom stereocenters. The summed E-state index contributed by atoms with van der Waals surface area (Å²) in [5.74, 6) is -0.435. The Morgan fingerprint density at radius 1 is 1.15 bits per heavy atom. The van der Waals surface area contributed by atoms with Crippen LogP contribution in [-0.4, -0.2) is 69.8 Å². The van der Waals surface area contributed by atoms with E-state index in [1.807, 2.05) is 13.8 Å². The van der Waals surface area contributed by atoms with E-state index in [-0.39, 0.29) is 35.7 Å². The van der Waals surface area contributed by atoms with Gasteiger partial charge in [-0.25, -0.2) is 14.8 Å². The molecule has 0 aliphatic carbocycles. The number of nitrogens with zero attached hydrogens (tertiary/aromatic N) is 4. The normalized spacial score (nSPS) is 17.2. The minimum Gasteiger partial charge on any atom is -0.462 e. The first-order chi connectivity index (χ1) is 12.3. The maximum atomic E-state index is 13.0. The SMILES string of the molecule is CCOC(=O)c1c(C)nc(C)nc1C(=O)N1CCN(C(=O)CC)[C@H](C)C1. The lowest BCUT2D eigenvalue weighted by molar-refractivity contribution is -0.134. The van der Waals surface area contributed by atoms with E-state index in [0.717, 1.165) is 0 Å².